The number of fused-ring (bicyclic) bond motifs is 1. The molecule has 0 bridgehead atoms. The molecule has 0 unspecified atom stereocenters. The summed E-state index contributed by atoms with van der Waals surface area (Å²) in [6.45, 7) is 3.80. The molecule has 6 heteroatoms. The Labute approximate surface area is 130 Å². The van der Waals surface area contributed by atoms with Gasteiger partial charge in [-0.1, -0.05) is 12.1 Å². The van der Waals surface area contributed by atoms with Gasteiger partial charge in [0.05, 0.1) is 5.69 Å². The van der Waals surface area contributed by atoms with Gasteiger partial charge in [0.2, 0.25) is 5.91 Å². The molecule has 1 aromatic rings. The van der Waals surface area contributed by atoms with Crippen molar-refractivity contribution in [1.29, 1.82) is 0 Å². The first-order valence-corrected chi connectivity index (χ1v) is 7.63. The lowest BCUT2D eigenvalue weighted by molar-refractivity contribution is -0.132. The number of piperazine rings is 1. The van der Waals surface area contributed by atoms with E-state index in [1.807, 2.05) is 29.2 Å². The summed E-state index contributed by atoms with van der Waals surface area (Å²) in [7, 11) is 2.06. The Balaban J connectivity index is 1.61. The molecule has 1 fully saturated rings. The number of hydrogen-bond donors (Lipinski definition) is 0. The Morgan fingerprint density at radius 2 is 1.91 bits per heavy atom. The summed E-state index contributed by atoms with van der Waals surface area (Å²) in [5.41, 5.74) is 0.755. The summed E-state index contributed by atoms with van der Waals surface area (Å²) in [5.74, 6) is 0.726. The van der Waals surface area contributed by atoms with E-state index in [1.54, 1.807) is 4.90 Å². The molecule has 2 aliphatic heterocycles. The molecule has 118 valence electrons. The molecule has 0 spiro atoms. The molecule has 3 rings (SSSR count). The Morgan fingerprint density at radius 1 is 1.18 bits per heavy atom. The standard InChI is InChI=1S/C16H21N3O3/c1-17-8-10-18(11-9-17)15(20)6-7-19-13-4-2-3-5-14(13)22-12-16(19)21/h2-5H,6-12H2,1H3. The third kappa shape index (κ3) is 3.06. The number of likely N-dealkylation sites (N-methyl/N-ethyl adjacent to an activating group) is 1. The first-order chi connectivity index (χ1) is 10.6. The van der Waals surface area contributed by atoms with E-state index in [4.69, 9.17) is 4.74 Å². The van der Waals surface area contributed by atoms with E-state index in [-0.39, 0.29) is 18.4 Å². The molecule has 2 aliphatic rings. The highest BCUT2D eigenvalue weighted by Crippen LogP contribution is 2.31. The maximum absolute atomic E-state index is 12.3. The number of carbonyl (C=O) groups excluding carboxylic acids is 2. The molecule has 0 aliphatic carbocycles. The average Bonchev–Trinajstić information content (AvgIpc) is 2.54. The first kappa shape index (κ1) is 14.8. The van der Waals surface area contributed by atoms with Crippen LogP contribution >= 0.6 is 0 Å². The second-order valence-corrected chi connectivity index (χ2v) is 5.74. The molecule has 2 heterocycles. The number of carbonyl (C=O) groups is 2. The monoisotopic (exact) mass is 303 g/mol. The van der Waals surface area contributed by atoms with Crippen molar-refractivity contribution in [2.45, 2.75) is 6.42 Å². The fraction of sp³-hybridized carbons (Fsp3) is 0.500. The number of anilines is 1. The lowest BCUT2D eigenvalue weighted by Gasteiger charge is -2.33. The van der Waals surface area contributed by atoms with Gasteiger partial charge in [0.25, 0.3) is 5.91 Å². The van der Waals surface area contributed by atoms with Crippen molar-refractivity contribution in [3.8, 4) is 5.75 Å². The highest BCUT2D eigenvalue weighted by atomic mass is 16.5. The normalized spacial score (nSPS) is 18.9. The third-order valence-corrected chi connectivity index (χ3v) is 4.21. The van der Waals surface area contributed by atoms with Crippen LogP contribution in [0.5, 0.6) is 5.75 Å². The predicted octanol–water partition coefficient (Wildman–Crippen LogP) is 0.576. The fourth-order valence-corrected chi connectivity index (χ4v) is 2.82. The van der Waals surface area contributed by atoms with Crippen LogP contribution in [0.15, 0.2) is 24.3 Å². The molecule has 6 nitrogen and oxygen atoms in total. The zero-order chi connectivity index (χ0) is 15.5. The summed E-state index contributed by atoms with van der Waals surface area (Å²) in [4.78, 5) is 30.1. The fourth-order valence-electron chi connectivity index (χ4n) is 2.82. The second-order valence-electron chi connectivity index (χ2n) is 5.74. The van der Waals surface area contributed by atoms with E-state index in [2.05, 4.69) is 11.9 Å². The van der Waals surface area contributed by atoms with Crippen LogP contribution in [0.1, 0.15) is 6.42 Å². The van der Waals surface area contributed by atoms with Gasteiger partial charge < -0.3 is 19.4 Å². The molecule has 1 saturated heterocycles. The van der Waals surface area contributed by atoms with E-state index in [0.717, 1.165) is 31.9 Å². The van der Waals surface area contributed by atoms with Crippen LogP contribution in [0.2, 0.25) is 0 Å². The van der Waals surface area contributed by atoms with Gasteiger partial charge in [0.1, 0.15) is 5.75 Å². The average molecular weight is 303 g/mol. The van der Waals surface area contributed by atoms with Crippen molar-refractivity contribution in [3.63, 3.8) is 0 Å². The molecule has 22 heavy (non-hydrogen) atoms. The molecule has 0 saturated carbocycles. The molecule has 2 amide bonds. The number of nitrogens with zero attached hydrogens (tertiary/aromatic N) is 3. The molecule has 1 aromatic carbocycles. The minimum absolute atomic E-state index is 0.0414. The maximum Gasteiger partial charge on any atom is 0.265 e. The Bertz CT molecular complexity index is 568. The zero-order valence-electron chi connectivity index (χ0n) is 12.8. The van der Waals surface area contributed by atoms with Gasteiger partial charge in [0.15, 0.2) is 6.61 Å². The van der Waals surface area contributed by atoms with Crippen LogP contribution in [-0.2, 0) is 9.59 Å². The minimum Gasteiger partial charge on any atom is -0.482 e. The largest absolute Gasteiger partial charge is 0.482 e. The van der Waals surface area contributed by atoms with Gasteiger partial charge in [0, 0.05) is 39.1 Å². The predicted molar refractivity (Wildman–Crippen MR) is 83.0 cm³/mol. The smallest absolute Gasteiger partial charge is 0.265 e. The van der Waals surface area contributed by atoms with Crippen molar-refractivity contribution in [2.75, 3.05) is 51.3 Å². The Morgan fingerprint density at radius 3 is 2.68 bits per heavy atom. The van der Waals surface area contributed by atoms with Gasteiger partial charge >= 0.3 is 0 Å². The third-order valence-electron chi connectivity index (χ3n) is 4.21. The van der Waals surface area contributed by atoms with E-state index in [9.17, 15) is 9.59 Å². The highest BCUT2D eigenvalue weighted by Gasteiger charge is 2.26. The summed E-state index contributed by atoms with van der Waals surface area (Å²) in [6, 6.07) is 7.45. The van der Waals surface area contributed by atoms with Crippen molar-refractivity contribution >= 4 is 17.5 Å². The molecular formula is C16H21N3O3. The number of para-hydroxylation sites is 2. The first-order valence-electron chi connectivity index (χ1n) is 7.63. The summed E-state index contributed by atoms with van der Waals surface area (Å²) < 4.78 is 5.41. The van der Waals surface area contributed by atoms with Gasteiger partial charge in [-0.15, -0.1) is 0 Å². The number of rotatable bonds is 3. The number of ether oxygens (including phenoxy) is 1. The van der Waals surface area contributed by atoms with E-state index in [0.29, 0.717) is 18.7 Å². The van der Waals surface area contributed by atoms with Crippen LogP contribution in [0.4, 0.5) is 5.69 Å². The van der Waals surface area contributed by atoms with Crippen molar-refractivity contribution in [1.82, 2.24) is 9.80 Å². The van der Waals surface area contributed by atoms with Crippen molar-refractivity contribution in [3.05, 3.63) is 24.3 Å². The van der Waals surface area contributed by atoms with E-state index in [1.165, 1.54) is 0 Å². The number of benzene rings is 1. The second kappa shape index (κ2) is 6.36. The quantitative estimate of drug-likeness (QED) is 0.819. The van der Waals surface area contributed by atoms with Crippen molar-refractivity contribution in [2.24, 2.45) is 0 Å². The van der Waals surface area contributed by atoms with Gasteiger partial charge in [-0.05, 0) is 19.2 Å². The van der Waals surface area contributed by atoms with Crippen LogP contribution in [0, 0.1) is 0 Å². The molecular weight excluding hydrogens is 282 g/mol. The minimum atomic E-state index is -0.0927. The van der Waals surface area contributed by atoms with E-state index < -0.39 is 0 Å². The van der Waals surface area contributed by atoms with Gasteiger partial charge in [-0.2, -0.15) is 0 Å². The Hall–Kier alpha value is -2.08. The number of amides is 2. The Kier molecular flexibility index (Phi) is 4.29. The lowest BCUT2D eigenvalue weighted by Crippen LogP contribution is -2.48. The summed E-state index contributed by atoms with van der Waals surface area (Å²) in [6.07, 6.45) is 0.351. The molecule has 0 radical (unpaired) electrons. The maximum atomic E-state index is 12.3. The van der Waals surface area contributed by atoms with Crippen LogP contribution in [-0.4, -0.2) is 68.0 Å². The molecule has 0 N–H and O–H groups in total. The SMILES string of the molecule is CN1CCN(C(=O)CCN2C(=O)COc3ccccc32)CC1. The summed E-state index contributed by atoms with van der Waals surface area (Å²) in [5, 5.41) is 0. The lowest BCUT2D eigenvalue weighted by atomic mass is 10.2. The van der Waals surface area contributed by atoms with Crippen LogP contribution in [0.3, 0.4) is 0 Å². The zero-order valence-corrected chi connectivity index (χ0v) is 12.8. The van der Waals surface area contributed by atoms with Gasteiger partial charge in [-0.3, -0.25) is 9.59 Å². The van der Waals surface area contributed by atoms with Gasteiger partial charge in [-0.25, -0.2) is 0 Å². The van der Waals surface area contributed by atoms with Crippen LogP contribution in [0.25, 0.3) is 0 Å². The summed E-state index contributed by atoms with van der Waals surface area (Å²) >= 11 is 0. The highest BCUT2D eigenvalue weighted by molar-refractivity contribution is 5.98. The van der Waals surface area contributed by atoms with E-state index >= 15 is 0 Å². The molecule has 0 aromatic heterocycles. The number of hydrogen-bond acceptors (Lipinski definition) is 4. The topological polar surface area (TPSA) is 53.1 Å². The van der Waals surface area contributed by atoms with Crippen LogP contribution < -0.4 is 9.64 Å². The van der Waals surface area contributed by atoms with Crippen molar-refractivity contribution < 1.29 is 14.3 Å². The molecule has 0 atom stereocenters.